The summed E-state index contributed by atoms with van der Waals surface area (Å²) in [6.07, 6.45) is 6.59. The smallest absolute Gasteiger partial charge is 0.270 e. The molecule has 0 amide bonds. The Morgan fingerprint density at radius 1 is 1.35 bits per heavy atom. The van der Waals surface area contributed by atoms with Crippen molar-refractivity contribution in [1.29, 1.82) is 0 Å². The average Bonchev–Trinajstić information content (AvgIpc) is 2.41. The molecular weight excluding hydrogens is 256 g/mol. The van der Waals surface area contributed by atoms with Gasteiger partial charge in [-0.05, 0) is 18.4 Å². The first-order valence-corrected chi connectivity index (χ1v) is 6.87. The second kappa shape index (κ2) is 5.40. The molecule has 0 atom stereocenters. The van der Waals surface area contributed by atoms with E-state index in [1.54, 1.807) is 6.07 Å². The van der Waals surface area contributed by atoms with Gasteiger partial charge in [0.1, 0.15) is 12.1 Å². The molecule has 6 nitrogen and oxygen atoms in total. The van der Waals surface area contributed by atoms with E-state index in [9.17, 15) is 10.1 Å². The Morgan fingerprint density at radius 3 is 2.90 bits per heavy atom. The van der Waals surface area contributed by atoms with Gasteiger partial charge in [0.2, 0.25) is 0 Å². The predicted molar refractivity (Wildman–Crippen MR) is 76.6 cm³/mol. The third kappa shape index (κ3) is 2.54. The summed E-state index contributed by atoms with van der Waals surface area (Å²) in [5, 5.41) is 14.8. The molecule has 1 fully saturated rings. The number of anilines is 1. The number of non-ortho nitro benzene ring substituents is 1. The molecule has 0 radical (unpaired) electrons. The number of rotatable bonds is 5. The molecule has 1 aliphatic rings. The van der Waals surface area contributed by atoms with E-state index in [1.165, 1.54) is 37.7 Å². The Bertz CT molecular complexity index is 640. The van der Waals surface area contributed by atoms with Crippen molar-refractivity contribution in [2.45, 2.75) is 25.7 Å². The Balaban J connectivity index is 1.80. The first kappa shape index (κ1) is 12.8. The molecule has 1 aromatic heterocycles. The largest absolute Gasteiger partial charge is 0.369 e. The molecule has 0 bridgehead atoms. The molecule has 1 heterocycles. The summed E-state index contributed by atoms with van der Waals surface area (Å²) in [6.45, 7) is 0.847. The molecule has 20 heavy (non-hydrogen) atoms. The van der Waals surface area contributed by atoms with Crippen molar-refractivity contribution in [3.05, 3.63) is 34.6 Å². The monoisotopic (exact) mass is 272 g/mol. The maximum atomic E-state index is 10.9. The van der Waals surface area contributed by atoms with Crippen LogP contribution in [-0.2, 0) is 0 Å². The number of nitrogens with zero attached hydrogens (tertiary/aromatic N) is 3. The van der Waals surface area contributed by atoms with Crippen LogP contribution < -0.4 is 5.32 Å². The van der Waals surface area contributed by atoms with Crippen LogP contribution in [-0.4, -0.2) is 21.4 Å². The third-order valence-electron chi connectivity index (χ3n) is 3.90. The highest BCUT2D eigenvalue weighted by molar-refractivity contribution is 5.90. The van der Waals surface area contributed by atoms with E-state index in [0.717, 1.165) is 24.4 Å². The van der Waals surface area contributed by atoms with Crippen molar-refractivity contribution in [3.63, 3.8) is 0 Å². The quantitative estimate of drug-likeness (QED) is 0.668. The summed E-state index contributed by atoms with van der Waals surface area (Å²) in [6, 6.07) is 4.65. The van der Waals surface area contributed by atoms with Crippen molar-refractivity contribution in [2.75, 3.05) is 11.9 Å². The van der Waals surface area contributed by atoms with Crippen LogP contribution in [0.1, 0.15) is 25.7 Å². The molecule has 1 aliphatic carbocycles. The van der Waals surface area contributed by atoms with Gasteiger partial charge in [0.05, 0.1) is 10.4 Å². The molecule has 3 rings (SSSR count). The topological polar surface area (TPSA) is 81.0 Å². The predicted octanol–water partition coefficient (Wildman–Crippen LogP) is 3.14. The molecule has 0 unspecified atom stereocenters. The number of aromatic nitrogens is 2. The maximum Gasteiger partial charge on any atom is 0.270 e. The van der Waals surface area contributed by atoms with Crippen molar-refractivity contribution in [3.8, 4) is 0 Å². The van der Waals surface area contributed by atoms with Crippen LogP contribution in [0.3, 0.4) is 0 Å². The number of hydrogen-bond acceptors (Lipinski definition) is 5. The van der Waals surface area contributed by atoms with Gasteiger partial charge in [0.25, 0.3) is 5.69 Å². The first-order valence-electron chi connectivity index (χ1n) is 6.87. The molecule has 0 saturated heterocycles. The lowest BCUT2D eigenvalue weighted by Gasteiger charge is -2.25. The van der Waals surface area contributed by atoms with Crippen molar-refractivity contribution < 1.29 is 4.92 Å². The molecule has 1 aromatic carbocycles. The molecule has 1 saturated carbocycles. The van der Waals surface area contributed by atoms with Crippen LogP contribution in [0, 0.1) is 16.0 Å². The fourth-order valence-corrected chi connectivity index (χ4v) is 2.48. The van der Waals surface area contributed by atoms with E-state index in [2.05, 4.69) is 15.3 Å². The van der Waals surface area contributed by atoms with Gasteiger partial charge in [-0.25, -0.2) is 9.97 Å². The van der Waals surface area contributed by atoms with Crippen LogP contribution in [0.2, 0.25) is 0 Å². The van der Waals surface area contributed by atoms with E-state index in [4.69, 9.17) is 0 Å². The van der Waals surface area contributed by atoms with Gasteiger partial charge in [-0.3, -0.25) is 10.1 Å². The molecule has 0 spiro atoms. The Labute approximate surface area is 116 Å². The number of fused-ring (bicyclic) bond motifs is 1. The lowest BCUT2D eigenvalue weighted by Crippen LogP contribution is -2.16. The molecular formula is C14H16N4O2. The first-order chi connectivity index (χ1) is 9.74. The Kier molecular flexibility index (Phi) is 3.45. The van der Waals surface area contributed by atoms with Crippen molar-refractivity contribution in [1.82, 2.24) is 9.97 Å². The van der Waals surface area contributed by atoms with Crippen molar-refractivity contribution in [2.24, 2.45) is 5.92 Å². The number of nitro groups is 1. The van der Waals surface area contributed by atoms with Gasteiger partial charge in [0, 0.05) is 24.1 Å². The molecule has 104 valence electrons. The number of benzene rings is 1. The number of nitrogens with one attached hydrogen (secondary N) is 1. The molecule has 2 aromatic rings. The average molecular weight is 272 g/mol. The second-order valence-corrected chi connectivity index (χ2v) is 5.19. The summed E-state index contributed by atoms with van der Waals surface area (Å²) >= 11 is 0. The fraction of sp³-hybridized carbons (Fsp3) is 0.429. The normalized spacial score (nSPS) is 15.0. The summed E-state index contributed by atoms with van der Waals surface area (Å²) in [4.78, 5) is 18.8. The SMILES string of the molecule is O=[N+]([O-])c1ccc2ncnc(NCCC3CCC3)c2c1. The zero-order valence-electron chi connectivity index (χ0n) is 11.1. The minimum absolute atomic E-state index is 0.0642. The lowest BCUT2D eigenvalue weighted by molar-refractivity contribution is -0.384. The van der Waals surface area contributed by atoms with Crippen LogP contribution in [0.5, 0.6) is 0 Å². The molecule has 1 N–H and O–H groups in total. The van der Waals surface area contributed by atoms with Gasteiger partial charge < -0.3 is 5.32 Å². The standard InChI is InChI=1S/C14H16N4O2/c19-18(20)11-4-5-13-12(8-11)14(17-9-16-13)15-7-6-10-2-1-3-10/h4-5,8-10H,1-3,6-7H2,(H,15,16,17). The number of nitro benzene ring substituents is 1. The maximum absolute atomic E-state index is 10.9. The van der Waals surface area contributed by atoms with Gasteiger partial charge in [-0.15, -0.1) is 0 Å². The summed E-state index contributed by atoms with van der Waals surface area (Å²) in [5.74, 6) is 1.50. The zero-order valence-corrected chi connectivity index (χ0v) is 11.1. The van der Waals surface area contributed by atoms with Crippen molar-refractivity contribution >= 4 is 22.4 Å². The lowest BCUT2D eigenvalue weighted by atomic mass is 9.83. The summed E-state index contributed by atoms with van der Waals surface area (Å²) in [7, 11) is 0. The minimum atomic E-state index is -0.398. The highest BCUT2D eigenvalue weighted by Crippen LogP contribution is 2.29. The third-order valence-corrected chi connectivity index (χ3v) is 3.90. The van der Waals surface area contributed by atoms with Gasteiger partial charge >= 0.3 is 0 Å². The number of hydrogen-bond donors (Lipinski definition) is 1. The minimum Gasteiger partial charge on any atom is -0.369 e. The summed E-state index contributed by atoms with van der Waals surface area (Å²) < 4.78 is 0. The zero-order chi connectivity index (χ0) is 13.9. The van der Waals surface area contributed by atoms with Crippen LogP contribution in [0.15, 0.2) is 24.5 Å². The van der Waals surface area contributed by atoms with Gasteiger partial charge in [-0.1, -0.05) is 19.3 Å². The van der Waals surface area contributed by atoms with Gasteiger partial charge in [0.15, 0.2) is 0 Å². The highest BCUT2D eigenvalue weighted by atomic mass is 16.6. The van der Waals surface area contributed by atoms with E-state index >= 15 is 0 Å². The molecule has 0 aliphatic heterocycles. The summed E-state index contributed by atoms with van der Waals surface area (Å²) in [5.41, 5.74) is 0.783. The highest BCUT2D eigenvalue weighted by Gasteiger charge is 2.17. The fourth-order valence-electron chi connectivity index (χ4n) is 2.48. The van der Waals surface area contributed by atoms with E-state index in [1.807, 2.05) is 0 Å². The van der Waals surface area contributed by atoms with Crippen LogP contribution >= 0.6 is 0 Å². The Hall–Kier alpha value is -2.24. The van der Waals surface area contributed by atoms with E-state index in [-0.39, 0.29) is 5.69 Å². The second-order valence-electron chi connectivity index (χ2n) is 5.19. The van der Waals surface area contributed by atoms with Gasteiger partial charge in [-0.2, -0.15) is 0 Å². The van der Waals surface area contributed by atoms with Crippen LogP contribution in [0.4, 0.5) is 11.5 Å². The Morgan fingerprint density at radius 2 is 2.20 bits per heavy atom. The van der Waals surface area contributed by atoms with Crippen LogP contribution in [0.25, 0.3) is 10.9 Å². The van der Waals surface area contributed by atoms with E-state index in [0.29, 0.717) is 11.2 Å². The van der Waals surface area contributed by atoms with E-state index < -0.39 is 4.92 Å². The molecule has 6 heteroatoms.